The van der Waals surface area contributed by atoms with Crippen LogP contribution in [0.5, 0.6) is 0 Å². The van der Waals surface area contributed by atoms with Crippen molar-refractivity contribution in [2.45, 2.75) is 6.92 Å². The van der Waals surface area contributed by atoms with Crippen LogP contribution in [0.1, 0.15) is 11.3 Å². The van der Waals surface area contributed by atoms with Crippen molar-refractivity contribution in [1.29, 1.82) is 5.26 Å². The number of nitriles is 1. The van der Waals surface area contributed by atoms with Crippen LogP contribution < -0.4 is 5.56 Å². The average molecular weight is 199 g/mol. The van der Waals surface area contributed by atoms with Crippen LogP contribution in [0.15, 0.2) is 35.1 Å². The molecule has 0 atom stereocenters. The molecule has 0 aliphatic carbocycles. The summed E-state index contributed by atoms with van der Waals surface area (Å²) in [5.41, 5.74) is 1.89. The van der Waals surface area contributed by atoms with Crippen molar-refractivity contribution in [2.24, 2.45) is 0 Å². The minimum absolute atomic E-state index is 0.226. The second-order valence-corrected chi connectivity index (χ2v) is 3.29. The summed E-state index contributed by atoms with van der Waals surface area (Å²) in [6.45, 7) is 1.97. The van der Waals surface area contributed by atoms with E-state index in [1.165, 1.54) is 10.7 Å². The third-order valence-corrected chi connectivity index (χ3v) is 2.13. The molecule has 1 aromatic heterocycles. The van der Waals surface area contributed by atoms with Crippen LogP contribution in [-0.2, 0) is 0 Å². The highest BCUT2D eigenvalue weighted by Crippen LogP contribution is 2.06. The highest BCUT2D eigenvalue weighted by atomic mass is 16.1. The summed E-state index contributed by atoms with van der Waals surface area (Å²) in [4.78, 5) is 11.5. The van der Waals surface area contributed by atoms with Crippen LogP contribution in [0.4, 0.5) is 0 Å². The summed E-state index contributed by atoms with van der Waals surface area (Å²) in [5, 5.41) is 11.3. The van der Waals surface area contributed by atoms with Gasteiger partial charge in [0, 0.05) is 6.07 Å². The largest absolute Gasteiger partial charge is 0.281 e. The Morgan fingerprint density at radius 2 is 2.00 bits per heavy atom. The van der Waals surface area contributed by atoms with E-state index >= 15 is 0 Å². The summed E-state index contributed by atoms with van der Waals surface area (Å²) >= 11 is 0. The summed E-state index contributed by atoms with van der Waals surface area (Å²) in [6.07, 6.45) is 0. The number of hydrogen-bond acceptors (Lipinski definition) is 2. The van der Waals surface area contributed by atoms with E-state index in [9.17, 15) is 4.79 Å². The number of benzene rings is 1. The predicted octanol–water partition coefficient (Wildman–Crippen LogP) is 1.35. The lowest BCUT2D eigenvalue weighted by Gasteiger charge is -2.01. The fourth-order valence-electron chi connectivity index (χ4n) is 1.34. The predicted molar refractivity (Wildman–Crippen MR) is 55.8 cm³/mol. The molecule has 74 valence electrons. The number of nitrogens with zero attached hydrogens (tertiary/aromatic N) is 2. The molecule has 1 heterocycles. The van der Waals surface area contributed by atoms with Crippen molar-refractivity contribution in [3.8, 4) is 11.8 Å². The molecule has 0 aliphatic rings. The Hall–Kier alpha value is -2.28. The summed E-state index contributed by atoms with van der Waals surface area (Å²) in [7, 11) is 0. The maximum Gasteiger partial charge on any atom is 0.272 e. The first-order valence-corrected chi connectivity index (χ1v) is 4.50. The average Bonchev–Trinajstić information content (AvgIpc) is 2.61. The first-order valence-electron chi connectivity index (χ1n) is 4.50. The zero-order valence-electron chi connectivity index (χ0n) is 8.19. The highest BCUT2D eigenvalue weighted by molar-refractivity contribution is 5.34. The molecule has 0 radical (unpaired) electrons. The van der Waals surface area contributed by atoms with E-state index in [0.717, 1.165) is 11.3 Å². The summed E-state index contributed by atoms with van der Waals surface area (Å²) in [5.74, 6) is 0. The first kappa shape index (κ1) is 9.28. The third-order valence-electron chi connectivity index (χ3n) is 2.13. The Morgan fingerprint density at radius 3 is 2.53 bits per heavy atom. The second-order valence-electron chi connectivity index (χ2n) is 3.29. The molecule has 0 saturated heterocycles. The van der Waals surface area contributed by atoms with Crippen molar-refractivity contribution in [2.75, 3.05) is 0 Å². The normalized spacial score (nSPS) is 9.87. The van der Waals surface area contributed by atoms with Gasteiger partial charge in [-0.2, -0.15) is 5.26 Å². The van der Waals surface area contributed by atoms with Gasteiger partial charge in [0.15, 0.2) is 0 Å². The molecular weight excluding hydrogens is 190 g/mol. The summed E-state index contributed by atoms with van der Waals surface area (Å²) < 4.78 is 1.35. The van der Waals surface area contributed by atoms with Gasteiger partial charge in [-0.05, 0) is 19.1 Å². The van der Waals surface area contributed by atoms with Crippen LogP contribution in [0.2, 0.25) is 0 Å². The van der Waals surface area contributed by atoms with Gasteiger partial charge in [0.05, 0.1) is 5.69 Å². The van der Waals surface area contributed by atoms with Crippen LogP contribution in [0.3, 0.4) is 0 Å². The molecule has 0 bridgehead atoms. The van der Waals surface area contributed by atoms with E-state index in [-0.39, 0.29) is 11.3 Å². The van der Waals surface area contributed by atoms with Crippen molar-refractivity contribution in [1.82, 2.24) is 9.78 Å². The molecule has 2 rings (SSSR count). The molecule has 0 fully saturated rings. The minimum atomic E-state index is -0.226. The van der Waals surface area contributed by atoms with E-state index in [0.29, 0.717) is 0 Å². The summed E-state index contributed by atoms with van der Waals surface area (Å²) in [6, 6.07) is 10.6. The van der Waals surface area contributed by atoms with Gasteiger partial charge in [0.1, 0.15) is 11.8 Å². The molecule has 0 unspecified atom stereocenters. The number of aryl methyl sites for hydroxylation is 1. The molecule has 0 saturated carbocycles. The van der Waals surface area contributed by atoms with Crippen molar-refractivity contribution >= 4 is 0 Å². The Bertz CT molecular complexity index is 569. The van der Waals surface area contributed by atoms with E-state index in [4.69, 9.17) is 5.26 Å². The monoisotopic (exact) mass is 199 g/mol. The lowest BCUT2D eigenvalue weighted by molar-refractivity contribution is 0.843. The molecule has 0 aliphatic heterocycles. The molecule has 4 nitrogen and oxygen atoms in total. The molecule has 4 heteroatoms. The number of hydrogen-bond donors (Lipinski definition) is 1. The SMILES string of the molecule is Cc1ccc(-n2[nH]c(C#N)cc2=O)cc1. The number of rotatable bonds is 1. The minimum Gasteiger partial charge on any atom is -0.281 e. The fraction of sp³-hybridized carbons (Fsp3) is 0.0909. The van der Waals surface area contributed by atoms with Crippen LogP contribution in [0, 0.1) is 18.3 Å². The van der Waals surface area contributed by atoms with Crippen LogP contribution in [0.25, 0.3) is 5.69 Å². The van der Waals surface area contributed by atoms with E-state index < -0.39 is 0 Å². The molecule has 15 heavy (non-hydrogen) atoms. The van der Waals surface area contributed by atoms with Crippen molar-refractivity contribution < 1.29 is 0 Å². The molecule has 0 amide bonds. The van der Waals surface area contributed by atoms with Gasteiger partial charge in [-0.1, -0.05) is 17.7 Å². The molecule has 0 spiro atoms. The molecule has 1 aromatic carbocycles. The van der Waals surface area contributed by atoms with Crippen LogP contribution in [-0.4, -0.2) is 9.78 Å². The maximum absolute atomic E-state index is 11.5. The van der Waals surface area contributed by atoms with Gasteiger partial charge < -0.3 is 0 Å². The fourth-order valence-corrected chi connectivity index (χ4v) is 1.34. The number of aromatic amines is 1. The van der Waals surface area contributed by atoms with Crippen molar-refractivity contribution in [3.05, 3.63) is 51.9 Å². The topological polar surface area (TPSA) is 61.6 Å². The van der Waals surface area contributed by atoms with Gasteiger partial charge in [0.25, 0.3) is 5.56 Å². The number of nitrogens with one attached hydrogen (secondary N) is 1. The smallest absolute Gasteiger partial charge is 0.272 e. The van der Waals surface area contributed by atoms with Crippen LogP contribution >= 0.6 is 0 Å². The quantitative estimate of drug-likeness (QED) is 0.753. The molecule has 2 aromatic rings. The Labute approximate surface area is 86.4 Å². The van der Waals surface area contributed by atoms with E-state index in [2.05, 4.69) is 5.10 Å². The van der Waals surface area contributed by atoms with Crippen molar-refractivity contribution in [3.63, 3.8) is 0 Å². The Kier molecular flexibility index (Phi) is 2.14. The standard InChI is InChI=1S/C11H9N3O/c1-8-2-4-10(5-3-8)14-11(15)6-9(7-12)13-14/h2-6,13H,1H3. The van der Waals surface area contributed by atoms with Gasteiger partial charge in [-0.15, -0.1) is 0 Å². The van der Waals surface area contributed by atoms with Gasteiger partial charge >= 0.3 is 0 Å². The number of aromatic nitrogens is 2. The van der Waals surface area contributed by atoms with Gasteiger partial charge in [-0.3, -0.25) is 9.89 Å². The third kappa shape index (κ3) is 1.67. The van der Waals surface area contributed by atoms with Gasteiger partial charge in [0.2, 0.25) is 0 Å². The zero-order chi connectivity index (χ0) is 10.8. The Morgan fingerprint density at radius 1 is 1.33 bits per heavy atom. The highest BCUT2D eigenvalue weighted by Gasteiger charge is 2.03. The zero-order valence-corrected chi connectivity index (χ0v) is 8.19. The van der Waals surface area contributed by atoms with Gasteiger partial charge in [-0.25, -0.2) is 4.68 Å². The molecule has 1 N–H and O–H groups in total. The van der Waals surface area contributed by atoms with E-state index in [1.54, 1.807) is 0 Å². The lowest BCUT2D eigenvalue weighted by Crippen LogP contribution is -2.13. The lowest BCUT2D eigenvalue weighted by atomic mass is 10.2. The number of H-pyrrole nitrogens is 1. The molecular formula is C11H9N3O. The van der Waals surface area contributed by atoms with E-state index in [1.807, 2.05) is 37.3 Å². The maximum atomic E-state index is 11.5. The second kappa shape index (κ2) is 3.46. The Balaban J connectivity index is 2.55. The first-order chi connectivity index (χ1) is 7.20.